The lowest BCUT2D eigenvalue weighted by Crippen LogP contribution is -2.14. The molecule has 20 heavy (non-hydrogen) atoms. The van der Waals surface area contributed by atoms with E-state index in [1.807, 2.05) is 25.4 Å². The number of aromatic nitrogens is 3. The lowest BCUT2D eigenvalue weighted by atomic mass is 9.91. The van der Waals surface area contributed by atoms with Crippen molar-refractivity contribution in [1.29, 1.82) is 0 Å². The summed E-state index contributed by atoms with van der Waals surface area (Å²) < 4.78 is 2.21. The predicted molar refractivity (Wildman–Crippen MR) is 81.3 cm³/mol. The lowest BCUT2D eigenvalue weighted by Gasteiger charge is -2.19. The first-order valence-electron chi connectivity index (χ1n) is 7.15. The molecule has 0 spiro atoms. The minimum Gasteiger partial charge on any atom is -0.345 e. The lowest BCUT2D eigenvalue weighted by molar-refractivity contribution is 0.489. The van der Waals surface area contributed by atoms with Gasteiger partial charge in [-0.25, -0.2) is 9.98 Å². The molecule has 1 saturated heterocycles. The van der Waals surface area contributed by atoms with E-state index in [0.717, 1.165) is 30.4 Å². The van der Waals surface area contributed by atoms with E-state index in [0.29, 0.717) is 11.8 Å². The molecule has 2 aromatic rings. The number of aromatic amines is 1. The van der Waals surface area contributed by atoms with Gasteiger partial charge in [0.05, 0.1) is 5.69 Å². The van der Waals surface area contributed by atoms with Crippen molar-refractivity contribution < 1.29 is 0 Å². The minimum atomic E-state index is 0.508. The Hall–Kier alpha value is -1.88. The maximum Gasteiger partial charge on any atom is 0.153 e. The molecule has 0 saturated carbocycles. The van der Waals surface area contributed by atoms with E-state index >= 15 is 0 Å². The van der Waals surface area contributed by atoms with Crippen LogP contribution in [0, 0.1) is 12.8 Å². The average Bonchev–Trinajstić information content (AvgIpc) is 3.15. The van der Waals surface area contributed by atoms with Gasteiger partial charge in [-0.2, -0.15) is 0 Å². The van der Waals surface area contributed by atoms with Crippen molar-refractivity contribution in [2.24, 2.45) is 10.9 Å². The number of aliphatic imine (C=N–C) groups is 1. The normalized spacial score (nSPS) is 22.3. The summed E-state index contributed by atoms with van der Waals surface area (Å²) in [6.07, 6.45) is 5.09. The molecular formula is C15H21N5. The highest BCUT2D eigenvalue weighted by Crippen LogP contribution is 2.34. The number of imidazole rings is 1. The van der Waals surface area contributed by atoms with Crippen molar-refractivity contribution in [3.05, 3.63) is 30.0 Å². The van der Waals surface area contributed by atoms with Gasteiger partial charge in [-0.05, 0) is 32.2 Å². The zero-order valence-corrected chi connectivity index (χ0v) is 12.1. The minimum absolute atomic E-state index is 0.508. The summed E-state index contributed by atoms with van der Waals surface area (Å²) >= 11 is 0. The summed E-state index contributed by atoms with van der Waals surface area (Å²) in [5.41, 5.74) is 2.30. The van der Waals surface area contributed by atoms with Gasteiger partial charge >= 0.3 is 0 Å². The Balaban J connectivity index is 2.08. The molecule has 3 heterocycles. The van der Waals surface area contributed by atoms with Crippen molar-refractivity contribution in [1.82, 2.24) is 19.9 Å². The molecule has 1 fully saturated rings. The second-order valence-electron chi connectivity index (χ2n) is 5.37. The fourth-order valence-corrected chi connectivity index (χ4v) is 3.20. The van der Waals surface area contributed by atoms with Gasteiger partial charge in [0, 0.05) is 30.6 Å². The Morgan fingerprint density at radius 1 is 1.50 bits per heavy atom. The molecule has 2 atom stereocenters. The second kappa shape index (κ2) is 5.25. The molecule has 106 valence electrons. The van der Waals surface area contributed by atoms with Gasteiger partial charge in [0.2, 0.25) is 0 Å². The summed E-state index contributed by atoms with van der Waals surface area (Å²) in [6.45, 7) is 10.0. The maximum atomic E-state index is 4.52. The van der Waals surface area contributed by atoms with Crippen LogP contribution in [0.5, 0.6) is 0 Å². The van der Waals surface area contributed by atoms with Crippen LogP contribution < -0.4 is 5.32 Å². The van der Waals surface area contributed by atoms with E-state index in [2.05, 4.69) is 38.5 Å². The fraction of sp³-hybridized carbons (Fsp3) is 0.467. The van der Waals surface area contributed by atoms with Crippen molar-refractivity contribution in [2.75, 3.05) is 13.1 Å². The fourth-order valence-electron chi connectivity index (χ4n) is 3.20. The van der Waals surface area contributed by atoms with Crippen LogP contribution in [0.25, 0.3) is 5.69 Å². The predicted octanol–water partition coefficient (Wildman–Crippen LogP) is 2.55. The van der Waals surface area contributed by atoms with Crippen LogP contribution in [-0.4, -0.2) is 34.3 Å². The number of nitrogens with zero attached hydrogens (tertiary/aromatic N) is 3. The number of H-pyrrole nitrogens is 1. The Morgan fingerprint density at radius 3 is 3.10 bits per heavy atom. The molecular weight excluding hydrogens is 250 g/mol. The van der Waals surface area contributed by atoms with Crippen LogP contribution in [0.2, 0.25) is 0 Å². The third-order valence-electron chi connectivity index (χ3n) is 4.31. The highest BCUT2D eigenvalue weighted by molar-refractivity contribution is 5.57. The van der Waals surface area contributed by atoms with Gasteiger partial charge < -0.3 is 10.3 Å². The van der Waals surface area contributed by atoms with Crippen molar-refractivity contribution in [3.63, 3.8) is 0 Å². The topological polar surface area (TPSA) is 58.0 Å². The van der Waals surface area contributed by atoms with Crippen LogP contribution in [0.1, 0.15) is 30.8 Å². The molecule has 3 rings (SSSR count). The smallest absolute Gasteiger partial charge is 0.153 e. The van der Waals surface area contributed by atoms with Crippen molar-refractivity contribution in [3.8, 4) is 5.69 Å². The summed E-state index contributed by atoms with van der Waals surface area (Å²) in [6, 6.07) is 2.03. The van der Waals surface area contributed by atoms with E-state index < -0.39 is 0 Å². The number of hydrogen-bond acceptors (Lipinski definition) is 3. The van der Waals surface area contributed by atoms with Crippen LogP contribution in [0.4, 0.5) is 5.82 Å². The van der Waals surface area contributed by atoms with E-state index in [4.69, 9.17) is 0 Å². The van der Waals surface area contributed by atoms with E-state index in [-0.39, 0.29) is 0 Å². The number of aryl methyl sites for hydroxylation is 1. The number of rotatable bonds is 4. The quantitative estimate of drug-likeness (QED) is 0.840. The Labute approximate surface area is 119 Å². The van der Waals surface area contributed by atoms with Crippen molar-refractivity contribution >= 4 is 12.5 Å². The van der Waals surface area contributed by atoms with Crippen LogP contribution in [0.3, 0.4) is 0 Å². The second-order valence-corrected chi connectivity index (χ2v) is 5.37. The first-order valence-corrected chi connectivity index (χ1v) is 7.15. The monoisotopic (exact) mass is 271 g/mol. The number of nitrogens with one attached hydrogen (secondary N) is 2. The van der Waals surface area contributed by atoms with Crippen molar-refractivity contribution in [2.45, 2.75) is 26.2 Å². The molecule has 0 bridgehead atoms. The molecule has 1 aliphatic heterocycles. The summed E-state index contributed by atoms with van der Waals surface area (Å²) in [5, 5.41) is 3.50. The standard InChI is InChI=1S/C15H21N5/c1-4-11-7-17-8-12(11)14-9-19-10(2)20(14)13-5-6-18-15(13)16-3/h5-6,9,11-12,17-18H,3-4,7-8H2,1-2H3/t11-,12?/m1/s1. The molecule has 0 aliphatic carbocycles. The molecule has 0 radical (unpaired) electrons. The summed E-state index contributed by atoms with van der Waals surface area (Å²) in [4.78, 5) is 11.7. The summed E-state index contributed by atoms with van der Waals surface area (Å²) in [7, 11) is 0. The van der Waals surface area contributed by atoms with Crippen LogP contribution in [-0.2, 0) is 0 Å². The van der Waals surface area contributed by atoms with Crippen LogP contribution >= 0.6 is 0 Å². The van der Waals surface area contributed by atoms with Gasteiger partial charge in [0.25, 0.3) is 0 Å². The Kier molecular flexibility index (Phi) is 3.44. The average molecular weight is 271 g/mol. The van der Waals surface area contributed by atoms with Gasteiger partial charge in [0.1, 0.15) is 5.82 Å². The Bertz CT molecular complexity index is 610. The summed E-state index contributed by atoms with van der Waals surface area (Å²) in [5.74, 6) is 2.97. The largest absolute Gasteiger partial charge is 0.345 e. The maximum absolute atomic E-state index is 4.52. The van der Waals surface area contributed by atoms with Gasteiger partial charge in [-0.3, -0.25) is 4.57 Å². The van der Waals surface area contributed by atoms with E-state index in [1.54, 1.807) is 0 Å². The van der Waals surface area contributed by atoms with Gasteiger partial charge in [-0.15, -0.1) is 0 Å². The zero-order chi connectivity index (χ0) is 14.1. The Morgan fingerprint density at radius 2 is 2.35 bits per heavy atom. The highest BCUT2D eigenvalue weighted by atomic mass is 15.1. The molecule has 5 nitrogen and oxygen atoms in total. The number of hydrogen-bond donors (Lipinski definition) is 2. The third-order valence-corrected chi connectivity index (χ3v) is 4.31. The zero-order valence-electron chi connectivity index (χ0n) is 12.1. The molecule has 0 aromatic carbocycles. The molecule has 1 unspecified atom stereocenters. The van der Waals surface area contributed by atoms with Gasteiger partial charge in [0.15, 0.2) is 5.82 Å². The van der Waals surface area contributed by atoms with Crippen LogP contribution in [0.15, 0.2) is 23.5 Å². The molecule has 1 aliphatic rings. The van der Waals surface area contributed by atoms with E-state index in [1.165, 1.54) is 12.1 Å². The first kappa shape index (κ1) is 13.1. The SMILES string of the molecule is C=Nc1[nH]ccc1-n1c(C2CNC[C@H]2CC)cnc1C. The van der Waals surface area contributed by atoms with E-state index in [9.17, 15) is 0 Å². The molecule has 5 heteroatoms. The molecule has 0 amide bonds. The third kappa shape index (κ3) is 1.98. The van der Waals surface area contributed by atoms with Gasteiger partial charge in [-0.1, -0.05) is 13.3 Å². The highest BCUT2D eigenvalue weighted by Gasteiger charge is 2.30. The molecule has 2 N–H and O–H groups in total. The molecule has 2 aromatic heterocycles. The first-order chi connectivity index (χ1) is 9.76.